The van der Waals surface area contributed by atoms with Crippen LogP contribution in [0.25, 0.3) is 0 Å². The molecule has 104 valence electrons. The molecule has 0 fully saturated rings. The van der Waals surface area contributed by atoms with Gasteiger partial charge in [-0.1, -0.05) is 46.3 Å². The normalized spacial score (nSPS) is 10.3. The third-order valence-electron chi connectivity index (χ3n) is 2.81. The lowest BCUT2D eigenvalue weighted by atomic mass is 10.2. The van der Waals surface area contributed by atoms with Crippen LogP contribution >= 0.6 is 15.9 Å². The van der Waals surface area contributed by atoms with E-state index in [1.54, 1.807) is 4.90 Å². The Kier molecular flexibility index (Phi) is 5.24. The zero-order valence-electron chi connectivity index (χ0n) is 10.8. The second-order valence-corrected chi connectivity index (χ2v) is 5.09. The van der Waals surface area contributed by atoms with Crippen molar-refractivity contribution in [2.24, 2.45) is 0 Å². The number of benzene rings is 1. The third kappa shape index (κ3) is 3.87. The van der Waals surface area contributed by atoms with Gasteiger partial charge in [0.1, 0.15) is 5.82 Å². The second kappa shape index (κ2) is 7.14. The van der Waals surface area contributed by atoms with Crippen molar-refractivity contribution in [3.05, 3.63) is 65.7 Å². The van der Waals surface area contributed by atoms with Gasteiger partial charge in [-0.2, -0.15) is 0 Å². The molecular formula is C15H14BrFN2O. The summed E-state index contributed by atoms with van der Waals surface area (Å²) in [6.07, 6.45) is 2.47. The van der Waals surface area contributed by atoms with Crippen LogP contribution in [0.15, 0.2) is 48.8 Å². The minimum absolute atomic E-state index is 0.222. The van der Waals surface area contributed by atoms with Crippen LogP contribution in [-0.2, 0) is 6.54 Å². The van der Waals surface area contributed by atoms with Crippen molar-refractivity contribution in [1.82, 2.24) is 9.88 Å². The maximum Gasteiger partial charge on any atom is 0.255 e. The lowest BCUT2D eigenvalue weighted by molar-refractivity contribution is 0.0753. The molecule has 0 aliphatic carbocycles. The van der Waals surface area contributed by atoms with Gasteiger partial charge < -0.3 is 4.90 Å². The molecule has 0 spiro atoms. The van der Waals surface area contributed by atoms with E-state index in [-0.39, 0.29) is 11.5 Å². The van der Waals surface area contributed by atoms with E-state index >= 15 is 0 Å². The van der Waals surface area contributed by atoms with Crippen molar-refractivity contribution >= 4 is 21.8 Å². The van der Waals surface area contributed by atoms with Crippen molar-refractivity contribution in [1.29, 1.82) is 0 Å². The Bertz CT molecular complexity index is 577. The summed E-state index contributed by atoms with van der Waals surface area (Å²) in [5, 5.41) is 0.661. The Morgan fingerprint density at radius 2 is 2.00 bits per heavy atom. The summed E-state index contributed by atoms with van der Waals surface area (Å²) in [6.45, 7) is 1.03. The Hall–Kier alpha value is -1.75. The first-order valence-corrected chi connectivity index (χ1v) is 7.32. The Labute approximate surface area is 125 Å². The van der Waals surface area contributed by atoms with Crippen LogP contribution in [0.5, 0.6) is 0 Å². The summed E-state index contributed by atoms with van der Waals surface area (Å²) in [5.41, 5.74) is 1.30. The molecule has 2 rings (SSSR count). The highest BCUT2D eigenvalue weighted by molar-refractivity contribution is 9.09. The first kappa shape index (κ1) is 14.7. The number of carbonyl (C=O) groups excluding carboxylic acids is 1. The van der Waals surface area contributed by atoms with E-state index in [0.29, 0.717) is 18.4 Å². The number of rotatable bonds is 5. The van der Waals surface area contributed by atoms with Gasteiger partial charge in [0.15, 0.2) is 0 Å². The molecule has 0 aliphatic rings. The highest BCUT2D eigenvalue weighted by atomic mass is 79.9. The number of nitrogens with zero attached hydrogens (tertiary/aromatic N) is 2. The van der Waals surface area contributed by atoms with Crippen LogP contribution in [0.2, 0.25) is 0 Å². The number of alkyl halides is 1. The van der Waals surface area contributed by atoms with Crippen molar-refractivity contribution < 1.29 is 9.18 Å². The Morgan fingerprint density at radius 3 is 2.65 bits per heavy atom. The van der Waals surface area contributed by atoms with Crippen LogP contribution in [-0.4, -0.2) is 27.7 Å². The molecule has 2 aromatic rings. The molecule has 0 aliphatic heterocycles. The fourth-order valence-electron chi connectivity index (χ4n) is 1.87. The number of halogens is 2. The van der Waals surface area contributed by atoms with Crippen molar-refractivity contribution in [2.75, 3.05) is 11.9 Å². The number of aromatic nitrogens is 1. The van der Waals surface area contributed by atoms with Gasteiger partial charge in [0.2, 0.25) is 0 Å². The summed E-state index contributed by atoms with van der Waals surface area (Å²) >= 11 is 3.34. The zero-order chi connectivity index (χ0) is 14.4. The van der Waals surface area contributed by atoms with Gasteiger partial charge >= 0.3 is 0 Å². The topological polar surface area (TPSA) is 33.2 Å². The van der Waals surface area contributed by atoms with E-state index in [4.69, 9.17) is 0 Å². The van der Waals surface area contributed by atoms with Gasteiger partial charge in [-0.25, -0.2) is 4.39 Å². The molecule has 0 saturated heterocycles. The highest BCUT2D eigenvalue weighted by Crippen LogP contribution is 2.11. The molecule has 3 nitrogen and oxygen atoms in total. The molecule has 1 heterocycles. The molecule has 1 aromatic heterocycles. The van der Waals surface area contributed by atoms with E-state index < -0.39 is 5.82 Å². The minimum Gasteiger partial charge on any atom is -0.333 e. The predicted octanol–water partition coefficient (Wildman–Crippen LogP) is 3.26. The number of amides is 1. The molecule has 0 bridgehead atoms. The highest BCUT2D eigenvalue weighted by Gasteiger charge is 2.16. The van der Waals surface area contributed by atoms with Crippen LogP contribution in [0, 0.1) is 5.82 Å². The molecule has 1 amide bonds. The van der Waals surface area contributed by atoms with Gasteiger partial charge in [-0.3, -0.25) is 9.78 Å². The number of hydrogen-bond donors (Lipinski definition) is 0. The molecule has 0 atom stereocenters. The Morgan fingerprint density at radius 1 is 1.25 bits per heavy atom. The smallest absolute Gasteiger partial charge is 0.255 e. The second-order valence-electron chi connectivity index (χ2n) is 4.29. The number of hydrogen-bond acceptors (Lipinski definition) is 2. The van der Waals surface area contributed by atoms with Crippen molar-refractivity contribution in [2.45, 2.75) is 6.54 Å². The van der Waals surface area contributed by atoms with Gasteiger partial charge in [-0.05, 0) is 11.6 Å². The largest absolute Gasteiger partial charge is 0.333 e. The molecule has 0 unspecified atom stereocenters. The lowest BCUT2D eigenvalue weighted by Crippen LogP contribution is -2.32. The fourth-order valence-corrected chi connectivity index (χ4v) is 2.30. The lowest BCUT2D eigenvalue weighted by Gasteiger charge is -2.22. The molecule has 5 heteroatoms. The predicted molar refractivity (Wildman–Crippen MR) is 79.2 cm³/mol. The molecular weight excluding hydrogens is 323 g/mol. The first-order chi connectivity index (χ1) is 9.70. The van der Waals surface area contributed by atoms with Crippen LogP contribution in [0.4, 0.5) is 4.39 Å². The average molecular weight is 337 g/mol. The van der Waals surface area contributed by atoms with Crippen LogP contribution in [0.3, 0.4) is 0 Å². The van der Waals surface area contributed by atoms with Crippen LogP contribution < -0.4 is 0 Å². The molecule has 1 aromatic carbocycles. The quantitative estimate of drug-likeness (QED) is 0.785. The molecule has 0 N–H and O–H groups in total. The average Bonchev–Trinajstić information content (AvgIpc) is 2.47. The summed E-state index contributed by atoms with van der Waals surface area (Å²) in [6, 6.07) is 10.9. The summed E-state index contributed by atoms with van der Waals surface area (Å²) < 4.78 is 13.2. The number of carbonyl (C=O) groups is 1. The zero-order valence-corrected chi connectivity index (χ0v) is 12.4. The summed E-state index contributed by atoms with van der Waals surface area (Å²) in [5.74, 6) is -0.727. The minimum atomic E-state index is -0.505. The Balaban J connectivity index is 2.18. The molecule has 0 saturated carbocycles. The van der Waals surface area contributed by atoms with E-state index in [1.807, 2.05) is 30.3 Å². The van der Waals surface area contributed by atoms with Gasteiger partial charge in [0.05, 0.1) is 11.8 Å². The summed E-state index contributed by atoms with van der Waals surface area (Å²) in [4.78, 5) is 17.8. The standard InChI is InChI=1S/C15H14BrFN2O/c16-6-7-19(11-12-4-2-1-3-5-12)15(20)13-8-14(17)10-18-9-13/h1-5,8-10H,6-7,11H2. The maximum atomic E-state index is 13.2. The molecule has 20 heavy (non-hydrogen) atoms. The van der Waals surface area contributed by atoms with E-state index in [9.17, 15) is 9.18 Å². The van der Waals surface area contributed by atoms with E-state index in [1.165, 1.54) is 12.3 Å². The monoisotopic (exact) mass is 336 g/mol. The van der Waals surface area contributed by atoms with Gasteiger partial charge in [0, 0.05) is 24.6 Å². The van der Waals surface area contributed by atoms with E-state index in [0.717, 1.165) is 11.8 Å². The molecule has 0 radical (unpaired) electrons. The van der Waals surface area contributed by atoms with Crippen LogP contribution in [0.1, 0.15) is 15.9 Å². The van der Waals surface area contributed by atoms with Gasteiger partial charge in [-0.15, -0.1) is 0 Å². The SMILES string of the molecule is O=C(c1cncc(F)c1)N(CCBr)Cc1ccccc1. The van der Waals surface area contributed by atoms with E-state index in [2.05, 4.69) is 20.9 Å². The summed E-state index contributed by atoms with van der Waals surface area (Å²) in [7, 11) is 0. The maximum absolute atomic E-state index is 13.2. The van der Waals surface area contributed by atoms with Crippen molar-refractivity contribution in [3.8, 4) is 0 Å². The van der Waals surface area contributed by atoms with Gasteiger partial charge in [0.25, 0.3) is 5.91 Å². The van der Waals surface area contributed by atoms with Crippen molar-refractivity contribution in [3.63, 3.8) is 0 Å². The number of pyridine rings is 1. The first-order valence-electron chi connectivity index (χ1n) is 6.20. The fraction of sp³-hybridized carbons (Fsp3) is 0.200. The third-order valence-corrected chi connectivity index (χ3v) is 3.16.